The predicted molar refractivity (Wildman–Crippen MR) is 73.3 cm³/mol. The van der Waals surface area contributed by atoms with Crippen molar-refractivity contribution < 1.29 is 9.21 Å². The monoisotopic (exact) mass is 276 g/mol. The Balaban J connectivity index is 1.93. The van der Waals surface area contributed by atoms with Crippen LogP contribution in [0.15, 0.2) is 41.2 Å². The molecule has 0 radical (unpaired) electrons. The zero-order valence-electron chi connectivity index (χ0n) is 10.4. The normalized spacial score (nSPS) is 15.9. The van der Waals surface area contributed by atoms with Crippen LogP contribution in [-0.4, -0.2) is 18.0 Å². The average Bonchev–Trinajstić information content (AvgIpc) is 2.93. The van der Waals surface area contributed by atoms with E-state index >= 15 is 0 Å². The Kier molecular flexibility index (Phi) is 2.95. The van der Waals surface area contributed by atoms with Crippen molar-refractivity contribution in [1.82, 2.24) is 4.90 Å². The van der Waals surface area contributed by atoms with Gasteiger partial charge in [-0.1, -0.05) is 12.1 Å². The van der Waals surface area contributed by atoms with Crippen LogP contribution in [0.2, 0.25) is 0 Å². The summed E-state index contributed by atoms with van der Waals surface area (Å²) in [5.74, 6) is 0. The molecule has 0 fully saturated rings. The number of furan rings is 1. The number of nitrogens with one attached hydrogen (secondary N) is 1. The zero-order valence-corrected chi connectivity index (χ0v) is 11.1. The lowest BCUT2D eigenvalue weighted by Gasteiger charge is -2.26. The lowest BCUT2D eigenvalue weighted by molar-refractivity contribution is 0.218. The highest BCUT2D eigenvalue weighted by Gasteiger charge is 2.21. The first kappa shape index (κ1) is 12.1. The van der Waals surface area contributed by atoms with E-state index in [1.54, 1.807) is 24.5 Å². The smallest absolute Gasteiger partial charge is 0.321 e. The SMILES string of the molecule is CN1Cc2cc(C(Cl)c3ccoc3)ccc2NC1=O. The van der Waals surface area contributed by atoms with E-state index in [-0.39, 0.29) is 11.4 Å². The minimum atomic E-state index is -0.244. The van der Waals surface area contributed by atoms with Crippen molar-refractivity contribution in [2.24, 2.45) is 0 Å². The second-order valence-corrected chi connectivity index (χ2v) is 5.06. The van der Waals surface area contributed by atoms with Crippen LogP contribution >= 0.6 is 11.6 Å². The first-order valence-electron chi connectivity index (χ1n) is 5.96. The Morgan fingerprint density at radius 1 is 1.37 bits per heavy atom. The Morgan fingerprint density at radius 2 is 2.21 bits per heavy atom. The predicted octanol–water partition coefficient (Wildman–Crippen LogP) is 3.59. The molecule has 98 valence electrons. The molecule has 1 atom stereocenters. The van der Waals surface area contributed by atoms with E-state index in [2.05, 4.69) is 5.32 Å². The van der Waals surface area contributed by atoms with Gasteiger partial charge in [-0.15, -0.1) is 11.6 Å². The van der Waals surface area contributed by atoms with Gasteiger partial charge in [0, 0.05) is 24.8 Å². The number of amides is 2. The van der Waals surface area contributed by atoms with E-state index in [1.807, 2.05) is 24.3 Å². The molecule has 1 aliphatic rings. The second kappa shape index (κ2) is 4.63. The summed E-state index contributed by atoms with van der Waals surface area (Å²) in [6.45, 7) is 0.587. The van der Waals surface area contributed by atoms with Crippen LogP contribution in [0.1, 0.15) is 22.1 Å². The maximum Gasteiger partial charge on any atom is 0.321 e. The lowest BCUT2D eigenvalue weighted by atomic mass is 10.0. The number of anilines is 1. The van der Waals surface area contributed by atoms with Crippen LogP contribution in [0.3, 0.4) is 0 Å². The number of fused-ring (bicyclic) bond motifs is 1. The average molecular weight is 277 g/mol. The number of nitrogens with zero attached hydrogens (tertiary/aromatic N) is 1. The van der Waals surface area contributed by atoms with Crippen LogP contribution in [0.5, 0.6) is 0 Å². The molecule has 19 heavy (non-hydrogen) atoms. The standard InChI is InChI=1S/C14H13ClN2O2/c1-17-7-11-6-9(2-3-12(11)16-14(17)18)13(15)10-4-5-19-8-10/h2-6,8,13H,7H2,1H3,(H,16,18). The molecule has 1 N–H and O–H groups in total. The van der Waals surface area contributed by atoms with E-state index in [0.29, 0.717) is 6.54 Å². The molecule has 4 nitrogen and oxygen atoms in total. The number of alkyl halides is 1. The third kappa shape index (κ3) is 2.19. The number of rotatable bonds is 2. The number of hydrogen-bond donors (Lipinski definition) is 1. The van der Waals surface area contributed by atoms with Gasteiger partial charge in [0.1, 0.15) is 0 Å². The fourth-order valence-corrected chi connectivity index (χ4v) is 2.43. The van der Waals surface area contributed by atoms with E-state index in [9.17, 15) is 4.79 Å². The van der Waals surface area contributed by atoms with Gasteiger partial charge in [-0.2, -0.15) is 0 Å². The van der Waals surface area contributed by atoms with Crippen molar-refractivity contribution in [2.75, 3.05) is 12.4 Å². The lowest BCUT2D eigenvalue weighted by Crippen LogP contribution is -2.35. The number of carbonyl (C=O) groups excluding carboxylic acids is 1. The van der Waals surface area contributed by atoms with Gasteiger partial charge in [0.15, 0.2) is 0 Å². The maximum atomic E-state index is 11.5. The van der Waals surface area contributed by atoms with E-state index in [0.717, 1.165) is 22.4 Å². The molecule has 0 bridgehead atoms. The van der Waals surface area contributed by atoms with Gasteiger partial charge in [0.2, 0.25) is 0 Å². The van der Waals surface area contributed by atoms with Crippen molar-refractivity contribution in [2.45, 2.75) is 11.9 Å². The number of hydrogen-bond acceptors (Lipinski definition) is 2. The van der Waals surface area contributed by atoms with Crippen LogP contribution < -0.4 is 5.32 Å². The summed E-state index contributed by atoms with van der Waals surface area (Å²) in [6, 6.07) is 7.61. The minimum absolute atomic E-state index is 0.0856. The highest BCUT2D eigenvalue weighted by Crippen LogP contribution is 2.32. The molecular formula is C14H13ClN2O2. The van der Waals surface area contributed by atoms with Gasteiger partial charge >= 0.3 is 6.03 Å². The summed E-state index contributed by atoms with van der Waals surface area (Å²) in [5.41, 5.74) is 3.83. The Hall–Kier alpha value is -1.94. The van der Waals surface area contributed by atoms with Gasteiger partial charge in [-0.25, -0.2) is 4.79 Å². The highest BCUT2D eigenvalue weighted by atomic mass is 35.5. The van der Waals surface area contributed by atoms with Gasteiger partial charge in [0.25, 0.3) is 0 Å². The molecule has 0 saturated heterocycles. The first-order valence-corrected chi connectivity index (χ1v) is 6.40. The Morgan fingerprint density at radius 3 is 2.95 bits per heavy atom. The molecule has 2 aromatic rings. The fourth-order valence-electron chi connectivity index (χ4n) is 2.17. The molecule has 1 aliphatic heterocycles. The molecule has 3 rings (SSSR count). The van der Waals surface area contributed by atoms with Gasteiger partial charge in [0.05, 0.1) is 17.9 Å². The van der Waals surface area contributed by atoms with Crippen molar-refractivity contribution >= 4 is 23.3 Å². The zero-order chi connectivity index (χ0) is 13.4. The molecule has 0 aliphatic carbocycles. The highest BCUT2D eigenvalue weighted by molar-refractivity contribution is 6.22. The third-order valence-corrected chi connectivity index (χ3v) is 3.76. The summed E-state index contributed by atoms with van der Waals surface area (Å²) in [5, 5.41) is 2.59. The van der Waals surface area contributed by atoms with Crippen molar-refractivity contribution in [1.29, 1.82) is 0 Å². The van der Waals surface area contributed by atoms with Gasteiger partial charge in [-0.05, 0) is 23.3 Å². The van der Waals surface area contributed by atoms with E-state index in [4.69, 9.17) is 16.0 Å². The van der Waals surface area contributed by atoms with Crippen LogP contribution in [-0.2, 0) is 6.54 Å². The third-order valence-electron chi connectivity index (χ3n) is 3.25. The summed E-state index contributed by atoms with van der Waals surface area (Å²) in [7, 11) is 1.76. The Labute approximate surface area is 116 Å². The summed E-state index contributed by atoms with van der Waals surface area (Å²) in [6.07, 6.45) is 3.25. The minimum Gasteiger partial charge on any atom is -0.472 e. The quantitative estimate of drug-likeness (QED) is 0.852. The van der Waals surface area contributed by atoms with Gasteiger partial charge < -0.3 is 14.6 Å². The fraction of sp³-hybridized carbons (Fsp3) is 0.214. The molecule has 1 aromatic carbocycles. The van der Waals surface area contributed by atoms with Crippen LogP contribution in [0.4, 0.5) is 10.5 Å². The number of urea groups is 1. The number of benzene rings is 1. The summed E-state index contributed by atoms with van der Waals surface area (Å²) < 4.78 is 5.05. The van der Waals surface area contributed by atoms with Crippen molar-refractivity contribution in [3.05, 3.63) is 53.5 Å². The molecule has 2 amide bonds. The largest absolute Gasteiger partial charge is 0.472 e. The second-order valence-electron chi connectivity index (χ2n) is 4.62. The van der Waals surface area contributed by atoms with Crippen molar-refractivity contribution in [3.63, 3.8) is 0 Å². The van der Waals surface area contributed by atoms with Crippen LogP contribution in [0.25, 0.3) is 0 Å². The first-order chi connectivity index (χ1) is 9.15. The van der Waals surface area contributed by atoms with Gasteiger partial charge in [-0.3, -0.25) is 0 Å². The van der Waals surface area contributed by atoms with E-state index < -0.39 is 0 Å². The molecule has 0 saturated carbocycles. The maximum absolute atomic E-state index is 11.5. The number of carbonyl (C=O) groups is 1. The molecule has 5 heteroatoms. The molecule has 1 aromatic heterocycles. The number of halogens is 1. The van der Waals surface area contributed by atoms with Crippen LogP contribution in [0, 0.1) is 0 Å². The molecular weight excluding hydrogens is 264 g/mol. The summed E-state index contributed by atoms with van der Waals surface area (Å²) in [4.78, 5) is 13.2. The molecule has 2 heterocycles. The van der Waals surface area contributed by atoms with Crippen molar-refractivity contribution in [3.8, 4) is 0 Å². The topological polar surface area (TPSA) is 45.5 Å². The Bertz CT molecular complexity index is 610. The summed E-state index contributed by atoms with van der Waals surface area (Å²) >= 11 is 6.42. The van der Waals surface area contributed by atoms with E-state index in [1.165, 1.54) is 0 Å². The molecule has 0 spiro atoms. The molecule has 1 unspecified atom stereocenters.